The molecule has 1 aromatic heterocycles. The molecular formula is C29H28Cl2F2N2O6S2. The van der Waals surface area contributed by atoms with Crippen LogP contribution in [0.2, 0.25) is 10.0 Å². The van der Waals surface area contributed by atoms with Crippen molar-refractivity contribution in [2.24, 2.45) is 5.92 Å². The predicted molar refractivity (Wildman–Crippen MR) is 159 cm³/mol. The van der Waals surface area contributed by atoms with E-state index >= 15 is 0 Å². The van der Waals surface area contributed by atoms with Crippen LogP contribution >= 0.6 is 35.0 Å². The third-order valence-corrected chi connectivity index (χ3v) is 10.9. The van der Waals surface area contributed by atoms with Crippen molar-refractivity contribution < 1.29 is 36.2 Å². The first kappa shape index (κ1) is 31.8. The number of esters is 1. The van der Waals surface area contributed by atoms with Gasteiger partial charge in [0.25, 0.3) is 0 Å². The number of aromatic nitrogens is 1. The second-order valence-corrected chi connectivity index (χ2v) is 14.1. The molecule has 8 nitrogen and oxygen atoms in total. The molecule has 2 fully saturated rings. The molecule has 3 aromatic rings. The molecule has 2 aromatic carbocycles. The van der Waals surface area contributed by atoms with Crippen LogP contribution in [0.1, 0.15) is 36.5 Å². The van der Waals surface area contributed by atoms with Crippen LogP contribution < -0.4 is 9.47 Å². The highest BCUT2D eigenvalue weighted by Crippen LogP contribution is 2.39. The molecule has 1 aliphatic heterocycles. The van der Waals surface area contributed by atoms with Gasteiger partial charge in [-0.3, -0.25) is 9.78 Å². The standard InChI is InChI=1S/C29H28Cl2F2N2O6S2/c30-22-15-34-16-23(31)21(22)13-25(19-8-9-24(41-29(32)33)26(12-19)39-17-18-6-7-18)40-28(36)14-27-35(10-11-42-27)43(37,38)20-4-2-1-3-5-20/h1-5,8-9,12,15-16,18,25,27,29H,6-7,10-11,13-14,17H2/t25-,27?/m0/s1. The molecule has 0 radical (unpaired) electrons. The normalized spacial score (nSPS) is 18.0. The van der Waals surface area contributed by atoms with E-state index in [-0.39, 0.29) is 45.8 Å². The number of carbonyl (C=O) groups excluding carboxylic acids is 1. The lowest BCUT2D eigenvalue weighted by Gasteiger charge is -2.25. The fourth-order valence-corrected chi connectivity index (χ4v) is 8.33. The van der Waals surface area contributed by atoms with Crippen molar-refractivity contribution >= 4 is 51.0 Å². The van der Waals surface area contributed by atoms with Crippen LogP contribution in [0.25, 0.3) is 0 Å². The largest absolute Gasteiger partial charge is 0.489 e. The van der Waals surface area contributed by atoms with Crippen LogP contribution in [0.3, 0.4) is 0 Å². The number of pyridine rings is 1. The van der Waals surface area contributed by atoms with E-state index in [2.05, 4.69) is 9.72 Å². The van der Waals surface area contributed by atoms with Gasteiger partial charge >= 0.3 is 12.6 Å². The van der Waals surface area contributed by atoms with Crippen molar-refractivity contribution in [1.29, 1.82) is 0 Å². The third-order valence-electron chi connectivity index (χ3n) is 6.98. The van der Waals surface area contributed by atoms with Crippen LogP contribution in [-0.2, 0) is 26.0 Å². The van der Waals surface area contributed by atoms with E-state index in [9.17, 15) is 22.0 Å². The van der Waals surface area contributed by atoms with Crippen LogP contribution in [-0.4, -0.2) is 54.6 Å². The molecule has 0 spiro atoms. The average Bonchev–Trinajstić information content (AvgIpc) is 3.69. The zero-order chi connectivity index (χ0) is 30.6. The number of hydrogen-bond acceptors (Lipinski definition) is 8. The fraction of sp³-hybridized carbons (Fsp3) is 0.379. The van der Waals surface area contributed by atoms with E-state index in [4.69, 9.17) is 32.7 Å². The Morgan fingerprint density at radius 1 is 1.07 bits per heavy atom. The number of sulfonamides is 1. The first-order valence-electron chi connectivity index (χ1n) is 13.5. The Hall–Kier alpha value is -2.64. The van der Waals surface area contributed by atoms with Crippen molar-refractivity contribution in [3.63, 3.8) is 0 Å². The van der Waals surface area contributed by atoms with E-state index in [1.807, 2.05) is 0 Å². The van der Waals surface area contributed by atoms with Crippen LogP contribution in [0.4, 0.5) is 8.78 Å². The lowest BCUT2D eigenvalue weighted by molar-refractivity contribution is -0.149. The maximum Gasteiger partial charge on any atom is 0.387 e. The van der Waals surface area contributed by atoms with Gasteiger partial charge in [0.15, 0.2) is 11.5 Å². The van der Waals surface area contributed by atoms with E-state index in [1.54, 1.807) is 18.2 Å². The number of hydrogen-bond donors (Lipinski definition) is 0. The second kappa shape index (κ2) is 14.0. The quantitative estimate of drug-likeness (QED) is 0.184. The number of thioether (sulfide) groups is 1. The summed E-state index contributed by atoms with van der Waals surface area (Å²) in [4.78, 5) is 17.5. The Kier molecular flexibility index (Phi) is 10.3. The summed E-state index contributed by atoms with van der Waals surface area (Å²) in [6.07, 6.45) is 3.63. The number of ether oxygens (including phenoxy) is 3. The highest BCUT2D eigenvalue weighted by Gasteiger charge is 2.38. The first-order chi connectivity index (χ1) is 20.6. The summed E-state index contributed by atoms with van der Waals surface area (Å²) >= 11 is 14.1. The average molecular weight is 674 g/mol. The number of alkyl halides is 2. The second-order valence-electron chi connectivity index (χ2n) is 10.1. The van der Waals surface area contributed by atoms with Crippen molar-refractivity contribution in [3.05, 3.63) is 82.1 Å². The van der Waals surface area contributed by atoms with Crippen molar-refractivity contribution in [3.8, 4) is 11.5 Å². The molecule has 2 aliphatic rings. The number of carbonyl (C=O) groups is 1. The summed E-state index contributed by atoms with van der Waals surface area (Å²) in [5, 5.41) is -0.170. The highest BCUT2D eigenvalue weighted by atomic mass is 35.5. The summed E-state index contributed by atoms with van der Waals surface area (Å²) < 4.78 is 70.5. The zero-order valence-electron chi connectivity index (χ0n) is 22.7. The molecule has 1 aliphatic carbocycles. The molecule has 1 unspecified atom stereocenters. The van der Waals surface area contributed by atoms with Crippen molar-refractivity contribution in [1.82, 2.24) is 9.29 Å². The van der Waals surface area contributed by atoms with Gasteiger partial charge in [-0.15, -0.1) is 11.8 Å². The molecule has 14 heteroatoms. The highest BCUT2D eigenvalue weighted by molar-refractivity contribution is 8.01. The molecule has 0 bridgehead atoms. The minimum absolute atomic E-state index is 0.0346. The van der Waals surface area contributed by atoms with Gasteiger partial charge in [0.2, 0.25) is 10.0 Å². The van der Waals surface area contributed by atoms with Gasteiger partial charge < -0.3 is 14.2 Å². The lowest BCUT2D eigenvalue weighted by atomic mass is 10.0. The molecule has 43 heavy (non-hydrogen) atoms. The van der Waals surface area contributed by atoms with Gasteiger partial charge in [0.1, 0.15) is 6.10 Å². The van der Waals surface area contributed by atoms with Gasteiger partial charge in [0.05, 0.1) is 33.3 Å². The smallest absolute Gasteiger partial charge is 0.387 e. The Morgan fingerprint density at radius 3 is 2.47 bits per heavy atom. The Balaban J connectivity index is 1.40. The Bertz CT molecular complexity index is 1530. The van der Waals surface area contributed by atoms with Crippen LogP contribution in [0.5, 0.6) is 11.5 Å². The molecule has 1 saturated heterocycles. The van der Waals surface area contributed by atoms with E-state index in [1.165, 1.54) is 58.8 Å². The summed E-state index contributed by atoms with van der Waals surface area (Å²) in [7, 11) is -3.83. The lowest BCUT2D eigenvalue weighted by Crippen LogP contribution is -2.36. The summed E-state index contributed by atoms with van der Waals surface area (Å²) in [5.74, 6) is 0.137. The number of nitrogens with zero attached hydrogens (tertiary/aromatic N) is 2. The summed E-state index contributed by atoms with van der Waals surface area (Å²) in [6.45, 7) is -2.48. The molecule has 2 heterocycles. The minimum atomic E-state index is -3.83. The summed E-state index contributed by atoms with van der Waals surface area (Å²) in [6, 6.07) is 12.4. The molecule has 230 valence electrons. The first-order valence-corrected chi connectivity index (χ1v) is 16.7. The van der Waals surface area contributed by atoms with E-state index in [0.29, 0.717) is 29.4 Å². The topological polar surface area (TPSA) is 95.0 Å². The minimum Gasteiger partial charge on any atom is -0.489 e. The molecule has 0 N–H and O–H groups in total. The number of rotatable bonds is 13. The van der Waals surface area contributed by atoms with E-state index in [0.717, 1.165) is 12.8 Å². The van der Waals surface area contributed by atoms with Crippen LogP contribution in [0.15, 0.2) is 65.8 Å². The predicted octanol–water partition coefficient (Wildman–Crippen LogP) is 6.76. The molecule has 0 amide bonds. The van der Waals surface area contributed by atoms with Crippen LogP contribution in [0, 0.1) is 5.92 Å². The SMILES string of the molecule is O=C(CC1SCCN1S(=O)(=O)c1ccccc1)O[C@@H](Cc1c(Cl)cncc1Cl)c1ccc(OC(F)F)c(OCC2CC2)c1. The summed E-state index contributed by atoms with van der Waals surface area (Å²) in [5.41, 5.74) is 0.894. The Labute approximate surface area is 262 Å². The number of halogens is 4. The van der Waals surface area contributed by atoms with Gasteiger partial charge in [0, 0.05) is 31.1 Å². The van der Waals surface area contributed by atoms with E-state index < -0.39 is 34.1 Å². The van der Waals surface area contributed by atoms with Gasteiger partial charge in [-0.2, -0.15) is 13.1 Å². The van der Waals surface area contributed by atoms with Gasteiger partial charge in [-0.25, -0.2) is 8.42 Å². The van der Waals surface area contributed by atoms with Gasteiger partial charge in [-0.05, 0) is 54.2 Å². The van der Waals surface area contributed by atoms with Crippen molar-refractivity contribution in [2.75, 3.05) is 18.9 Å². The molecule has 1 saturated carbocycles. The molecule has 5 rings (SSSR count). The zero-order valence-corrected chi connectivity index (χ0v) is 25.8. The third kappa shape index (κ3) is 8.10. The Morgan fingerprint density at radius 2 is 1.79 bits per heavy atom. The number of benzene rings is 2. The monoisotopic (exact) mass is 672 g/mol. The fourth-order valence-electron chi connectivity index (χ4n) is 4.59. The maximum atomic E-state index is 13.4. The molecule has 2 atom stereocenters. The molecular weight excluding hydrogens is 645 g/mol. The van der Waals surface area contributed by atoms with Gasteiger partial charge in [-0.1, -0.05) is 47.5 Å². The maximum absolute atomic E-state index is 13.4. The van der Waals surface area contributed by atoms with Crippen molar-refractivity contribution in [2.45, 2.75) is 48.7 Å².